The molecule has 0 aliphatic rings. The molecule has 0 heterocycles. The lowest BCUT2D eigenvalue weighted by Gasteiger charge is -2.10. The molecule has 0 aromatic heterocycles. The number of carboxylic acid groups (broad SMARTS) is 1. The molecule has 0 amide bonds. The van der Waals surface area contributed by atoms with E-state index in [1.54, 1.807) is 0 Å². The third-order valence-electron chi connectivity index (χ3n) is 2.26. The minimum atomic E-state index is -1.27. The van der Waals surface area contributed by atoms with Gasteiger partial charge in [-0.15, -0.1) is 0 Å². The second-order valence-electron chi connectivity index (χ2n) is 3.41. The molecule has 1 aromatic carbocycles. The van der Waals surface area contributed by atoms with Crippen molar-refractivity contribution >= 4 is 23.4 Å². The van der Waals surface area contributed by atoms with Crippen LogP contribution in [0, 0.1) is 11.7 Å². The molecule has 1 unspecified atom stereocenters. The first kappa shape index (κ1) is 12.6. The van der Waals surface area contributed by atoms with Gasteiger partial charge in [0.25, 0.3) is 0 Å². The summed E-state index contributed by atoms with van der Waals surface area (Å²) in [5, 5.41) is 8.93. The van der Waals surface area contributed by atoms with Crippen LogP contribution in [-0.4, -0.2) is 16.9 Å². The number of carbonyl (C=O) groups excluding carboxylic acids is 1. The molecule has 0 radical (unpaired) electrons. The average molecular weight is 245 g/mol. The van der Waals surface area contributed by atoms with Crippen LogP contribution < -0.4 is 0 Å². The van der Waals surface area contributed by atoms with E-state index in [1.807, 2.05) is 0 Å². The second kappa shape index (κ2) is 5.07. The van der Waals surface area contributed by atoms with Crippen LogP contribution in [-0.2, 0) is 16.0 Å². The summed E-state index contributed by atoms with van der Waals surface area (Å²) in [5.74, 6) is -3.65. The van der Waals surface area contributed by atoms with Gasteiger partial charge < -0.3 is 5.11 Å². The lowest BCUT2D eigenvalue weighted by atomic mass is 9.96. The Bertz CT molecular complexity index is 397. The van der Waals surface area contributed by atoms with E-state index in [2.05, 4.69) is 0 Å². The van der Waals surface area contributed by atoms with Crippen molar-refractivity contribution in [3.8, 4) is 0 Å². The summed E-state index contributed by atoms with van der Waals surface area (Å²) in [7, 11) is 0. The van der Waals surface area contributed by atoms with E-state index in [9.17, 15) is 14.0 Å². The summed E-state index contributed by atoms with van der Waals surface area (Å²) in [6, 6.07) is 4.06. The van der Waals surface area contributed by atoms with Gasteiger partial charge in [0.05, 0.1) is 0 Å². The molecule has 0 fully saturated rings. The van der Waals surface area contributed by atoms with Gasteiger partial charge in [0, 0.05) is 10.6 Å². The molecular weight excluding hydrogens is 235 g/mol. The van der Waals surface area contributed by atoms with Gasteiger partial charge in [-0.05, 0) is 25.5 Å². The first-order chi connectivity index (χ1) is 7.43. The van der Waals surface area contributed by atoms with Gasteiger partial charge in [-0.2, -0.15) is 0 Å². The van der Waals surface area contributed by atoms with Gasteiger partial charge in [-0.25, -0.2) is 4.39 Å². The van der Waals surface area contributed by atoms with E-state index in [0.717, 1.165) is 6.92 Å². The van der Waals surface area contributed by atoms with Crippen LogP contribution in [0.15, 0.2) is 18.2 Å². The maximum absolute atomic E-state index is 13.3. The Morgan fingerprint density at radius 1 is 1.50 bits per heavy atom. The average Bonchev–Trinajstić information content (AvgIpc) is 2.15. The van der Waals surface area contributed by atoms with Crippen LogP contribution in [0.4, 0.5) is 4.39 Å². The fraction of sp³-hybridized carbons (Fsp3) is 0.273. The topological polar surface area (TPSA) is 54.4 Å². The van der Waals surface area contributed by atoms with Crippen LogP contribution in [0.3, 0.4) is 0 Å². The van der Waals surface area contributed by atoms with E-state index < -0.39 is 23.5 Å². The van der Waals surface area contributed by atoms with E-state index in [-0.39, 0.29) is 17.0 Å². The summed E-state index contributed by atoms with van der Waals surface area (Å²) in [5.41, 5.74) is 0.0618. The van der Waals surface area contributed by atoms with Crippen LogP contribution in [0.25, 0.3) is 0 Å². The predicted octanol–water partition coefficient (Wildman–Crippen LogP) is 2.31. The summed E-state index contributed by atoms with van der Waals surface area (Å²) >= 11 is 5.74. The van der Waals surface area contributed by atoms with Gasteiger partial charge in [0.1, 0.15) is 17.5 Å². The van der Waals surface area contributed by atoms with Crippen LogP contribution in [0.5, 0.6) is 0 Å². The largest absolute Gasteiger partial charge is 0.481 e. The third-order valence-corrected chi connectivity index (χ3v) is 2.61. The SMILES string of the molecule is CC(=O)C(Cc1c(F)cccc1Cl)C(=O)O. The van der Waals surface area contributed by atoms with Crippen molar-refractivity contribution < 1.29 is 19.1 Å². The highest BCUT2D eigenvalue weighted by atomic mass is 35.5. The van der Waals surface area contributed by atoms with Crippen LogP contribution in [0.2, 0.25) is 5.02 Å². The van der Waals surface area contributed by atoms with Crippen molar-refractivity contribution in [1.29, 1.82) is 0 Å². The molecule has 0 saturated carbocycles. The number of hydrogen-bond acceptors (Lipinski definition) is 2. The number of carbonyl (C=O) groups is 2. The number of Topliss-reactive ketones (excluding diaryl/α,β-unsaturated/α-hetero) is 1. The van der Waals surface area contributed by atoms with E-state index in [4.69, 9.17) is 16.7 Å². The predicted molar refractivity (Wildman–Crippen MR) is 56.9 cm³/mol. The summed E-state index contributed by atoms with van der Waals surface area (Å²) in [6.45, 7) is 1.16. The molecule has 0 aliphatic heterocycles. The van der Waals surface area contributed by atoms with Gasteiger partial charge in [0.15, 0.2) is 0 Å². The molecular formula is C11H10ClFO3. The summed E-state index contributed by atoms with van der Waals surface area (Å²) < 4.78 is 13.3. The molecule has 1 rings (SSSR count). The number of ketones is 1. The van der Waals surface area contributed by atoms with Crippen molar-refractivity contribution in [3.63, 3.8) is 0 Å². The summed E-state index contributed by atoms with van der Waals surface area (Å²) in [4.78, 5) is 21.8. The lowest BCUT2D eigenvalue weighted by molar-refractivity contribution is -0.145. The lowest BCUT2D eigenvalue weighted by Crippen LogP contribution is -2.24. The standard InChI is InChI=1S/C11H10ClFO3/c1-6(14)7(11(15)16)5-8-9(12)3-2-4-10(8)13/h2-4,7H,5H2,1H3,(H,15,16). The molecule has 0 aliphatic carbocycles. The Hall–Kier alpha value is -1.42. The first-order valence-electron chi connectivity index (χ1n) is 4.59. The smallest absolute Gasteiger partial charge is 0.314 e. The summed E-state index contributed by atoms with van der Waals surface area (Å²) in [6.07, 6.45) is -0.226. The number of benzene rings is 1. The third kappa shape index (κ3) is 2.79. The molecule has 0 bridgehead atoms. The van der Waals surface area contributed by atoms with Crippen molar-refractivity contribution in [2.45, 2.75) is 13.3 Å². The van der Waals surface area contributed by atoms with Crippen molar-refractivity contribution in [3.05, 3.63) is 34.6 Å². The minimum Gasteiger partial charge on any atom is -0.481 e. The second-order valence-corrected chi connectivity index (χ2v) is 3.81. The van der Waals surface area contributed by atoms with Crippen LogP contribution >= 0.6 is 11.6 Å². The zero-order valence-electron chi connectivity index (χ0n) is 8.54. The molecule has 1 N–H and O–H groups in total. The molecule has 5 heteroatoms. The number of rotatable bonds is 4. The maximum Gasteiger partial charge on any atom is 0.314 e. The fourth-order valence-corrected chi connectivity index (χ4v) is 1.58. The quantitative estimate of drug-likeness (QED) is 0.827. The number of hydrogen-bond donors (Lipinski definition) is 1. The van der Waals surface area contributed by atoms with Crippen molar-refractivity contribution in [2.75, 3.05) is 0 Å². The van der Waals surface area contributed by atoms with E-state index >= 15 is 0 Å². The number of carboxylic acids is 1. The molecule has 86 valence electrons. The van der Waals surface area contributed by atoms with Gasteiger partial charge in [-0.1, -0.05) is 17.7 Å². The molecule has 3 nitrogen and oxygen atoms in total. The Balaban J connectivity index is 3.03. The van der Waals surface area contributed by atoms with E-state index in [1.165, 1.54) is 18.2 Å². The zero-order chi connectivity index (χ0) is 12.3. The Labute approximate surface area is 96.8 Å². The first-order valence-corrected chi connectivity index (χ1v) is 4.97. The van der Waals surface area contributed by atoms with Gasteiger partial charge in [0.2, 0.25) is 0 Å². The monoisotopic (exact) mass is 244 g/mol. The molecule has 1 aromatic rings. The Morgan fingerprint density at radius 3 is 2.56 bits per heavy atom. The van der Waals surface area contributed by atoms with Crippen LogP contribution in [0.1, 0.15) is 12.5 Å². The van der Waals surface area contributed by atoms with Gasteiger partial charge >= 0.3 is 5.97 Å². The Morgan fingerprint density at radius 2 is 2.12 bits per heavy atom. The van der Waals surface area contributed by atoms with Crippen molar-refractivity contribution in [2.24, 2.45) is 5.92 Å². The fourth-order valence-electron chi connectivity index (χ4n) is 1.34. The highest BCUT2D eigenvalue weighted by molar-refractivity contribution is 6.31. The minimum absolute atomic E-state index is 0.0618. The molecule has 0 spiro atoms. The van der Waals surface area contributed by atoms with Crippen molar-refractivity contribution in [1.82, 2.24) is 0 Å². The zero-order valence-corrected chi connectivity index (χ0v) is 9.29. The molecule has 16 heavy (non-hydrogen) atoms. The van der Waals surface area contributed by atoms with E-state index in [0.29, 0.717) is 0 Å². The molecule has 1 atom stereocenters. The Kier molecular flexibility index (Phi) is 4.01. The maximum atomic E-state index is 13.3. The molecule has 0 saturated heterocycles. The number of halogens is 2. The van der Waals surface area contributed by atoms with Gasteiger partial charge in [-0.3, -0.25) is 9.59 Å². The highest BCUT2D eigenvalue weighted by Crippen LogP contribution is 2.22. The highest BCUT2D eigenvalue weighted by Gasteiger charge is 2.25. The normalized spacial score (nSPS) is 12.2. The number of aliphatic carboxylic acids is 1.